The van der Waals surface area contributed by atoms with E-state index in [0.29, 0.717) is 22.1 Å². The Morgan fingerprint density at radius 3 is 2.50 bits per heavy atom. The molecule has 2 heterocycles. The quantitative estimate of drug-likeness (QED) is 0.354. The van der Waals surface area contributed by atoms with Crippen molar-refractivity contribution in [1.82, 2.24) is 19.7 Å². The summed E-state index contributed by atoms with van der Waals surface area (Å²) >= 11 is 13.1. The van der Waals surface area contributed by atoms with Crippen molar-refractivity contribution in [2.24, 2.45) is 0 Å². The Labute approximate surface area is 183 Å². The van der Waals surface area contributed by atoms with Gasteiger partial charge in [0.25, 0.3) is 0 Å². The van der Waals surface area contributed by atoms with Gasteiger partial charge in [0.05, 0.1) is 22.9 Å². The van der Waals surface area contributed by atoms with Crippen LogP contribution in [0.2, 0.25) is 10.0 Å². The highest BCUT2D eigenvalue weighted by molar-refractivity contribution is 7.99. The number of hydrogen-bond acceptors (Lipinski definition) is 6. The van der Waals surface area contributed by atoms with Crippen molar-refractivity contribution >= 4 is 40.9 Å². The summed E-state index contributed by atoms with van der Waals surface area (Å²) < 4.78 is 45.2. The van der Waals surface area contributed by atoms with Crippen LogP contribution in [0.25, 0.3) is 17.2 Å². The number of alkyl halides is 3. The average Bonchev–Trinajstić information content (AvgIpc) is 3.10. The fourth-order valence-electron chi connectivity index (χ4n) is 2.42. The third kappa shape index (κ3) is 5.05. The summed E-state index contributed by atoms with van der Waals surface area (Å²) in [6.07, 6.45) is -3.91. The second-order valence-corrected chi connectivity index (χ2v) is 7.55. The number of esters is 1. The van der Waals surface area contributed by atoms with E-state index < -0.39 is 17.7 Å². The summed E-state index contributed by atoms with van der Waals surface area (Å²) in [5, 5.41) is 8.64. The van der Waals surface area contributed by atoms with E-state index in [2.05, 4.69) is 15.2 Å². The molecule has 1 aromatic carbocycles. The molecule has 3 rings (SSSR count). The van der Waals surface area contributed by atoms with Crippen molar-refractivity contribution in [3.63, 3.8) is 0 Å². The predicted octanol–water partition coefficient (Wildman–Crippen LogP) is 5.31. The maximum atomic E-state index is 12.9. The molecule has 158 valence electrons. The highest BCUT2D eigenvalue weighted by Crippen LogP contribution is 2.35. The number of pyridine rings is 1. The average molecular weight is 477 g/mol. The van der Waals surface area contributed by atoms with Gasteiger partial charge in [0.2, 0.25) is 0 Å². The molecule has 0 saturated carbocycles. The molecule has 0 N–H and O–H groups in total. The fraction of sp³-hybridized carbons (Fsp3) is 0.222. The highest BCUT2D eigenvalue weighted by Gasteiger charge is 2.32. The second-order valence-electron chi connectivity index (χ2n) is 5.76. The van der Waals surface area contributed by atoms with E-state index in [1.54, 1.807) is 31.2 Å². The van der Waals surface area contributed by atoms with Crippen molar-refractivity contribution in [3.8, 4) is 17.2 Å². The number of rotatable bonds is 6. The molecule has 0 atom stereocenters. The van der Waals surface area contributed by atoms with Gasteiger partial charge in [-0.15, -0.1) is 10.2 Å². The normalized spacial score (nSPS) is 11.5. The zero-order valence-electron chi connectivity index (χ0n) is 15.3. The molecule has 0 aliphatic heterocycles. The van der Waals surface area contributed by atoms with Crippen LogP contribution in [-0.2, 0) is 15.7 Å². The number of hydrogen-bond donors (Lipinski definition) is 0. The van der Waals surface area contributed by atoms with Gasteiger partial charge < -0.3 is 4.74 Å². The third-order valence-corrected chi connectivity index (χ3v) is 5.17. The number of benzene rings is 1. The molecule has 0 bridgehead atoms. The van der Waals surface area contributed by atoms with E-state index in [0.717, 1.165) is 17.8 Å². The number of halogens is 5. The molecule has 0 saturated heterocycles. The van der Waals surface area contributed by atoms with Crippen LogP contribution in [-0.4, -0.2) is 38.1 Å². The molecule has 3 aromatic rings. The second kappa shape index (κ2) is 9.23. The number of carbonyl (C=O) groups excluding carboxylic acids is 1. The summed E-state index contributed by atoms with van der Waals surface area (Å²) in [5.41, 5.74) is -0.413. The zero-order valence-corrected chi connectivity index (χ0v) is 17.6. The first-order chi connectivity index (χ1) is 14.2. The van der Waals surface area contributed by atoms with Gasteiger partial charge in [0.1, 0.15) is 5.69 Å². The Kier molecular flexibility index (Phi) is 6.89. The van der Waals surface area contributed by atoms with Gasteiger partial charge in [-0.1, -0.05) is 35.0 Å². The van der Waals surface area contributed by atoms with Crippen LogP contribution in [0, 0.1) is 0 Å². The number of ether oxygens (including phenoxy) is 1. The fourth-order valence-corrected chi connectivity index (χ4v) is 3.55. The highest BCUT2D eigenvalue weighted by atomic mass is 35.5. The van der Waals surface area contributed by atoms with Crippen molar-refractivity contribution in [3.05, 3.63) is 52.1 Å². The van der Waals surface area contributed by atoms with Gasteiger partial charge in [-0.05, 0) is 37.3 Å². The van der Waals surface area contributed by atoms with Crippen molar-refractivity contribution in [2.45, 2.75) is 18.3 Å². The maximum absolute atomic E-state index is 12.9. The number of thioether (sulfide) groups is 1. The SMILES string of the molecule is CCOC(=O)CSc1nnc(-c2ncc(C(F)(F)F)cc2Cl)n1-c1ccc(Cl)cc1. The molecule has 2 aromatic heterocycles. The van der Waals surface area contributed by atoms with Crippen molar-refractivity contribution in [2.75, 3.05) is 12.4 Å². The van der Waals surface area contributed by atoms with Crippen LogP contribution in [0.15, 0.2) is 41.7 Å². The van der Waals surface area contributed by atoms with E-state index in [4.69, 9.17) is 27.9 Å². The minimum atomic E-state index is -4.58. The summed E-state index contributed by atoms with van der Waals surface area (Å²) in [4.78, 5) is 15.6. The Hall–Kier alpha value is -2.30. The summed E-state index contributed by atoms with van der Waals surface area (Å²) in [7, 11) is 0. The van der Waals surface area contributed by atoms with Gasteiger partial charge in [0, 0.05) is 16.9 Å². The molecule has 30 heavy (non-hydrogen) atoms. The lowest BCUT2D eigenvalue weighted by atomic mass is 10.2. The lowest BCUT2D eigenvalue weighted by molar-refractivity contribution is -0.140. The first-order valence-corrected chi connectivity index (χ1v) is 10.2. The molecule has 0 spiro atoms. The third-order valence-electron chi connectivity index (χ3n) is 3.72. The lowest BCUT2D eigenvalue weighted by Gasteiger charge is -2.12. The Bertz CT molecular complexity index is 1060. The van der Waals surface area contributed by atoms with E-state index in [1.165, 1.54) is 4.57 Å². The molecular formula is C18H13Cl2F3N4O2S. The van der Waals surface area contributed by atoms with Crippen molar-refractivity contribution < 1.29 is 22.7 Å². The van der Waals surface area contributed by atoms with Gasteiger partial charge in [-0.25, -0.2) is 0 Å². The molecule has 0 radical (unpaired) electrons. The van der Waals surface area contributed by atoms with Crippen molar-refractivity contribution in [1.29, 1.82) is 0 Å². The molecule has 0 unspecified atom stereocenters. The van der Waals surface area contributed by atoms with E-state index in [9.17, 15) is 18.0 Å². The Morgan fingerprint density at radius 2 is 1.90 bits per heavy atom. The van der Waals surface area contributed by atoms with Gasteiger partial charge in [0.15, 0.2) is 11.0 Å². The lowest BCUT2D eigenvalue weighted by Crippen LogP contribution is -2.08. The maximum Gasteiger partial charge on any atom is 0.417 e. The topological polar surface area (TPSA) is 69.9 Å². The molecule has 0 aliphatic carbocycles. The van der Waals surface area contributed by atoms with E-state index in [-0.39, 0.29) is 28.9 Å². The molecule has 0 fully saturated rings. The van der Waals surface area contributed by atoms with Crippen LogP contribution in [0.5, 0.6) is 0 Å². The molecular weight excluding hydrogens is 464 g/mol. The largest absolute Gasteiger partial charge is 0.465 e. The van der Waals surface area contributed by atoms with Crippen LogP contribution in [0.1, 0.15) is 12.5 Å². The van der Waals surface area contributed by atoms with Gasteiger partial charge >= 0.3 is 12.1 Å². The molecule has 12 heteroatoms. The number of aromatic nitrogens is 4. The first-order valence-electron chi connectivity index (χ1n) is 8.43. The monoisotopic (exact) mass is 476 g/mol. The smallest absolute Gasteiger partial charge is 0.417 e. The standard InChI is InChI=1S/C18H13Cl2F3N4O2S/c1-2-29-14(28)9-30-17-26-25-16(27(17)12-5-3-11(19)4-6-12)15-13(20)7-10(8-24-15)18(21,22)23/h3-8H,2,9H2,1H3. The van der Waals surface area contributed by atoms with Gasteiger partial charge in [-0.2, -0.15) is 13.2 Å². The van der Waals surface area contributed by atoms with E-state index in [1.807, 2.05) is 0 Å². The van der Waals surface area contributed by atoms with Gasteiger partial charge in [-0.3, -0.25) is 14.3 Å². The summed E-state index contributed by atoms with van der Waals surface area (Å²) in [6.45, 7) is 1.93. The minimum Gasteiger partial charge on any atom is -0.465 e. The van der Waals surface area contributed by atoms with Crippen LogP contribution in [0.3, 0.4) is 0 Å². The van der Waals surface area contributed by atoms with Crippen LogP contribution in [0.4, 0.5) is 13.2 Å². The Balaban J connectivity index is 2.06. The summed E-state index contributed by atoms with van der Waals surface area (Å²) in [6, 6.07) is 7.36. The zero-order chi connectivity index (χ0) is 21.9. The number of nitrogens with zero attached hydrogens (tertiary/aromatic N) is 4. The van der Waals surface area contributed by atoms with Crippen LogP contribution < -0.4 is 0 Å². The molecule has 6 nitrogen and oxygen atoms in total. The number of carbonyl (C=O) groups is 1. The van der Waals surface area contributed by atoms with E-state index >= 15 is 0 Å². The first kappa shape index (κ1) is 22.4. The minimum absolute atomic E-state index is 0.00935. The Morgan fingerprint density at radius 1 is 1.20 bits per heavy atom. The summed E-state index contributed by atoms with van der Waals surface area (Å²) in [5.74, 6) is -0.365. The molecule has 0 amide bonds. The van der Waals surface area contributed by atoms with Crippen LogP contribution >= 0.6 is 35.0 Å². The molecule has 0 aliphatic rings. The predicted molar refractivity (Wildman–Crippen MR) is 107 cm³/mol.